The van der Waals surface area contributed by atoms with Crippen molar-refractivity contribution in [3.05, 3.63) is 0 Å². The Morgan fingerprint density at radius 2 is 1.95 bits per heavy atom. The van der Waals surface area contributed by atoms with E-state index in [2.05, 4.69) is 12.2 Å². The van der Waals surface area contributed by atoms with Gasteiger partial charge in [-0.25, -0.2) is 0 Å². The fourth-order valence-corrected chi connectivity index (χ4v) is 3.82. The summed E-state index contributed by atoms with van der Waals surface area (Å²) >= 11 is 0. The first-order valence-electron chi connectivity index (χ1n) is 8.11. The van der Waals surface area contributed by atoms with Gasteiger partial charge in [0.1, 0.15) is 5.54 Å². The number of piperazine rings is 1. The summed E-state index contributed by atoms with van der Waals surface area (Å²) in [5, 5.41) is 2.92. The minimum atomic E-state index is -0.657. The minimum absolute atomic E-state index is 0.00263. The van der Waals surface area contributed by atoms with Crippen LogP contribution < -0.4 is 5.32 Å². The normalized spacial score (nSPS) is 30.2. The summed E-state index contributed by atoms with van der Waals surface area (Å²) in [6.45, 7) is 7.25. The third-order valence-electron chi connectivity index (χ3n) is 5.14. The zero-order valence-electron chi connectivity index (χ0n) is 13.1. The second kappa shape index (κ2) is 6.15. The number of rotatable bonds is 4. The van der Waals surface area contributed by atoms with Crippen LogP contribution in [0.1, 0.15) is 59.3 Å². The van der Waals surface area contributed by atoms with E-state index in [1.165, 1.54) is 25.7 Å². The van der Waals surface area contributed by atoms with Crippen molar-refractivity contribution in [2.75, 3.05) is 13.1 Å². The minimum Gasteiger partial charge on any atom is -0.340 e. The lowest BCUT2D eigenvalue weighted by molar-refractivity contribution is -0.151. The Hall–Kier alpha value is -1.06. The molecule has 1 aliphatic heterocycles. The molecule has 1 aliphatic carbocycles. The van der Waals surface area contributed by atoms with Gasteiger partial charge >= 0.3 is 0 Å². The molecular formula is C16H28N2O2. The first-order valence-corrected chi connectivity index (χ1v) is 8.11. The molecule has 2 unspecified atom stereocenters. The SMILES string of the molecule is CCC1(CC)NC(=O)CN(CC2CCCC(C)C2)C1=O. The zero-order chi connectivity index (χ0) is 14.8. The molecule has 2 rings (SSSR count). The molecule has 114 valence electrons. The summed E-state index contributed by atoms with van der Waals surface area (Å²) in [6.07, 6.45) is 6.29. The Labute approximate surface area is 122 Å². The van der Waals surface area contributed by atoms with Gasteiger partial charge in [-0.05, 0) is 37.5 Å². The number of hydrogen-bond donors (Lipinski definition) is 1. The van der Waals surface area contributed by atoms with E-state index in [-0.39, 0.29) is 18.4 Å². The molecule has 1 N–H and O–H groups in total. The summed E-state index contributed by atoms with van der Waals surface area (Å²) in [6, 6.07) is 0. The number of carbonyl (C=O) groups excluding carboxylic acids is 2. The highest BCUT2D eigenvalue weighted by atomic mass is 16.2. The van der Waals surface area contributed by atoms with Gasteiger partial charge in [-0.2, -0.15) is 0 Å². The molecule has 2 fully saturated rings. The second-order valence-electron chi connectivity index (χ2n) is 6.66. The van der Waals surface area contributed by atoms with E-state index in [9.17, 15) is 9.59 Å². The summed E-state index contributed by atoms with van der Waals surface area (Å²) in [5.74, 6) is 1.45. The molecular weight excluding hydrogens is 252 g/mol. The predicted molar refractivity (Wildman–Crippen MR) is 79.2 cm³/mol. The van der Waals surface area contributed by atoms with E-state index >= 15 is 0 Å². The first-order chi connectivity index (χ1) is 9.50. The topological polar surface area (TPSA) is 49.4 Å². The molecule has 2 aliphatic rings. The van der Waals surface area contributed by atoms with Crippen LogP contribution >= 0.6 is 0 Å². The number of nitrogens with zero attached hydrogens (tertiary/aromatic N) is 1. The lowest BCUT2D eigenvalue weighted by atomic mass is 9.81. The average Bonchev–Trinajstić information content (AvgIpc) is 2.42. The molecule has 2 atom stereocenters. The highest BCUT2D eigenvalue weighted by Crippen LogP contribution is 2.30. The Morgan fingerprint density at radius 1 is 1.25 bits per heavy atom. The Kier molecular flexibility index (Phi) is 4.71. The molecule has 1 saturated heterocycles. The van der Waals surface area contributed by atoms with E-state index in [0.29, 0.717) is 18.8 Å². The first kappa shape index (κ1) is 15.3. The van der Waals surface area contributed by atoms with E-state index < -0.39 is 5.54 Å². The fourth-order valence-electron chi connectivity index (χ4n) is 3.82. The van der Waals surface area contributed by atoms with Crippen molar-refractivity contribution in [2.24, 2.45) is 11.8 Å². The van der Waals surface area contributed by atoms with Gasteiger partial charge in [0.05, 0.1) is 6.54 Å². The largest absolute Gasteiger partial charge is 0.340 e. The smallest absolute Gasteiger partial charge is 0.248 e. The quantitative estimate of drug-likeness (QED) is 0.859. The molecule has 1 heterocycles. The van der Waals surface area contributed by atoms with E-state index in [1.54, 1.807) is 0 Å². The van der Waals surface area contributed by atoms with Crippen LogP contribution in [0.2, 0.25) is 0 Å². The third-order valence-corrected chi connectivity index (χ3v) is 5.14. The highest BCUT2D eigenvalue weighted by Gasteiger charge is 2.44. The standard InChI is InChI=1S/C16H28N2O2/c1-4-16(5-2)15(20)18(11-14(19)17-16)10-13-8-6-7-12(3)9-13/h12-13H,4-11H2,1-3H3,(H,17,19). The summed E-state index contributed by atoms with van der Waals surface area (Å²) in [7, 11) is 0. The van der Waals surface area contributed by atoms with Gasteiger partial charge < -0.3 is 10.2 Å². The lowest BCUT2D eigenvalue weighted by Crippen LogP contribution is -2.66. The summed E-state index contributed by atoms with van der Waals surface area (Å²) in [5.41, 5.74) is -0.657. The average molecular weight is 280 g/mol. The highest BCUT2D eigenvalue weighted by molar-refractivity contribution is 5.97. The maximum atomic E-state index is 12.7. The molecule has 4 heteroatoms. The van der Waals surface area contributed by atoms with Gasteiger partial charge in [-0.3, -0.25) is 9.59 Å². The predicted octanol–water partition coefficient (Wildman–Crippen LogP) is 2.33. The molecule has 4 nitrogen and oxygen atoms in total. The van der Waals surface area contributed by atoms with Crippen molar-refractivity contribution in [3.63, 3.8) is 0 Å². The number of amides is 2. The van der Waals surface area contributed by atoms with Crippen molar-refractivity contribution in [1.82, 2.24) is 10.2 Å². The van der Waals surface area contributed by atoms with Crippen molar-refractivity contribution in [3.8, 4) is 0 Å². The van der Waals surface area contributed by atoms with Crippen LogP contribution in [0.3, 0.4) is 0 Å². The van der Waals surface area contributed by atoms with Crippen LogP contribution in [0.25, 0.3) is 0 Å². The van der Waals surface area contributed by atoms with Crippen LogP contribution in [-0.4, -0.2) is 35.3 Å². The molecule has 0 bridgehead atoms. The molecule has 0 aromatic heterocycles. The number of nitrogens with one attached hydrogen (secondary N) is 1. The summed E-state index contributed by atoms with van der Waals surface area (Å²) in [4.78, 5) is 26.5. The van der Waals surface area contributed by atoms with Crippen LogP contribution in [0.5, 0.6) is 0 Å². The van der Waals surface area contributed by atoms with Crippen LogP contribution in [-0.2, 0) is 9.59 Å². The molecule has 0 spiro atoms. The number of hydrogen-bond acceptors (Lipinski definition) is 2. The van der Waals surface area contributed by atoms with Gasteiger partial charge in [-0.15, -0.1) is 0 Å². The molecule has 0 radical (unpaired) electrons. The van der Waals surface area contributed by atoms with Crippen LogP contribution in [0, 0.1) is 11.8 Å². The van der Waals surface area contributed by atoms with Gasteiger partial charge in [0, 0.05) is 6.54 Å². The maximum absolute atomic E-state index is 12.7. The van der Waals surface area contributed by atoms with Crippen molar-refractivity contribution >= 4 is 11.8 Å². The van der Waals surface area contributed by atoms with Gasteiger partial charge in [-0.1, -0.05) is 33.6 Å². The van der Waals surface area contributed by atoms with Crippen molar-refractivity contribution in [2.45, 2.75) is 64.8 Å². The van der Waals surface area contributed by atoms with Gasteiger partial charge in [0.2, 0.25) is 11.8 Å². The molecule has 1 saturated carbocycles. The number of carbonyl (C=O) groups is 2. The Morgan fingerprint density at radius 3 is 2.55 bits per heavy atom. The van der Waals surface area contributed by atoms with Crippen LogP contribution in [0.4, 0.5) is 0 Å². The van der Waals surface area contributed by atoms with E-state index in [0.717, 1.165) is 12.5 Å². The maximum Gasteiger partial charge on any atom is 0.248 e. The van der Waals surface area contributed by atoms with Crippen LogP contribution in [0.15, 0.2) is 0 Å². The van der Waals surface area contributed by atoms with E-state index in [1.807, 2.05) is 18.7 Å². The van der Waals surface area contributed by atoms with Gasteiger partial charge in [0.15, 0.2) is 0 Å². The summed E-state index contributed by atoms with van der Waals surface area (Å²) < 4.78 is 0. The fraction of sp³-hybridized carbons (Fsp3) is 0.875. The van der Waals surface area contributed by atoms with E-state index in [4.69, 9.17) is 0 Å². The lowest BCUT2D eigenvalue weighted by Gasteiger charge is -2.43. The Bertz CT molecular complexity index is 377. The Balaban J connectivity index is 2.06. The van der Waals surface area contributed by atoms with Gasteiger partial charge in [0.25, 0.3) is 0 Å². The monoisotopic (exact) mass is 280 g/mol. The zero-order valence-corrected chi connectivity index (χ0v) is 13.1. The van der Waals surface area contributed by atoms with Crippen molar-refractivity contribution in [1.29, 1.82) is 0 Å². The molecule has 0 aromatic rings. The van der Waals surface area contributed by atoms with Crippen molar-refractivity contribution < 1.29 is 9.59 Å². The third kappa shape index (κ3) is 2.99. The molecule has 2 amide bonds. The second-order valence-corrected chi connectivity index (χ2v) is 6.66. The molecule has 20 heavy (non-hydrogen) atoms. The molecule has 0 aromatic carbocycles.